The molecule has 0 unspecified atom stereocenters. The number of nitrogens with zero attached hydrogens (tertiary/aromatic N) is 1. The van der Waals surface area contributed by atoms with Gasteiger partial charge in [0.05, 0.1) is 0 Å². The smallest absolute Gasteiger partial charge is 0.116 e. The number of phenols is 1. The summed E-state index contributed by atoms with van der Waals surface area (Å²) >= 11 is 0. The third-order valence-electron chi connectivity index (χ3n) is 1.67. The maximum absolute atomic E-state index is 9.16. The Hall–Kier alpha value is -1.64. The van der Waals surface area contributed by atoms with E-state index in [1.54, 1.807) is 37.5 Å². The Balaban J connectivity index is 2.77. The highest BCUT2D eigenvalue weighted by atomic mass is 16.3. The molecule has 0 atom stereocenters. The van der Waals surface area contributed by atoms with Gasteiger partial charge < -0.3 is 15.5 Å². The lowest BCUT2D eigenvalue weighted by atomic mass is 10.1. The summed E-state index contributed by atoms with van der Waals surface area (Å²) in [4.78, 5) is 3.80. The minimum absolute atomic E-state index is 0.190. The van der Waals surface area contributed by atoms with E-state index in [0.29, 0.717) is 12.1 Å². The minimum atomic E-state index is 0.190. The molecule has 1 rings (SSSR count). The molecule has 1 aromatic carbocycles. The number of benzene rings is 1. The summed E-state index contributed by atoms with van der Waals surface area (Å²) in [5, 5.41) is 16.8. The second-order valence-corrected chi connectivity index (χ2v) is 2.67. The molecule has 3 heteroatoms. The average molecular weight is 176 g/mol. The van der Waals surface area contributed by atoms with Crippen LogP contribution in [0.5, 0.6) is 5.75 Å². The molecule has 0 spiro atoms. The summed E-state index contributed by atoms with van der Waals surface area (Å²) < 4.78 is 0. The molecule has 0 aliphatic rings. The number of hydrogen-bond donors (Lipinski definition) is 2. The van der Waals surface area contributed by atoms with Gasteiger partial charge in [0.15, 0.2) is 0 Å². The molecule has 1 aromatic rings. The quantitative estimate of drug-likeness (QED) is 0.678. The van der Waals surface area contributed by atoms with Gasteiger partial charge in [-0.25, -0.2) is 0 Å². The summed E-state index contributed by atoms with van der Waals surface area (Å²) in [5.74, 6) is 0.190. The van der Waals surface area contributed by atoms with Gasteiger partial charge in [-0.2, -0.15) is 0 Å². The van der Waals surface area contributed by atoms with Crippen molar-refractivity contribution in [3.05, 3.63) is 29.8 Å². The number of aliphatic imine (C=N–C) groups is 1. The van der Waals surface area contributed by atoms with Crippen LogP contribution in [0, 0.1) is 5.41 Å². The predicted molar refractivity (Wildman–Crippen MR) is 54.0 cm³/mol. The first-order valence-corrected chi connectivity index (χ1v) is 4.01. The summed E-state index contributed by atoms with van der Waals surface area (Å²) in [6.45, 7) is 0. The fourth-order valence-corrected chi connectivity index (χ4v) is 0.994. The van der Waals surface area contributed by atoms with E-state index in [1.807, 2.05) is 0 Å². The van der Waals surface area contributed by atoms with E-state index in [4.69, 9.17) is 10.5 Å². The maximum atomic E-state index is 9.16. The lowest BCUT2D eigenvalue weighted by Crippen LogP contribution is -1.98. The lowest BCUT2D eigenvalue weighted by molar-refractivity contribution is 0.475. The predicted octanol–water partition coefficient (Wildman–Crippen LogP) is 1.85. The SMILES string of the molecule is CN=CCC(=N)c1cccc(O)c1. The van der Waals surface area contributed by atoms with Gasteiger partial charge in [0, 0.05) is 25.4 Å². The first-order chi connectivity index (χ1) is 6.24. The first-order valence-electron chi connectivity index (χ1n) is 4.01. The molecule has 0 radical (unpaired) electrons. The monoisotopic (exact) mass is 176 g/mol. The molecule has 0 aromatic heterocycles. The van der Waals surface area contributed by atoms with Gasteiger partial charge in [0.25, 0.3) is 0 Å². The largest absolute Gasteiger partial charge is 0.508 e. The van der Waals surface area contributed by atoms with Gasteiger partial charge in [0.2, 0.25) is 0 Å². The van der Waals surface area contributed by atoms with E-state index in [-0.39, 0.29) is 5.75 Å². The van der Waals surface area contributed by atoms with Crippen molar-refractivity contribution in [2.75, 3.05) is 7.05 Å². The Morgan fingerprint density at radius 1 is 1.62 bits per heavy atom. The van der Waals surface area contributed by atoms with Crippen LogP contribution in [0.3, 0.4) is 0 Å². The Bertz CT molecular complexity index is 331. The third-order valence-corrected chi connectivity index (χ3v) is 1.67. The van der Waals surface area contributed by atoms with Crippen LogP contribution in [0.4, 0.5) is 0 Å². The van der Waals surface area contributed by atoms with Crippen molar-refractivity contribution in [3.63, 3.8) is 0 Å². The molecule has 0 heterocycles. The van der Waals surface area contributed by atoms with Crippen molar-refractivity contribution in [3.8, 4) is 5.75 Å². The van der Waals surface area contributed by atoms with E-state index < -0.39 is 0 Å². The van der Waals surface area contributed by atoms with Gasteiger partial charge in [-0.05, 0) is 17.7 Å². The van der Waals surface area contributed by atoms with Crippen molar-refractivity contribution in [2.24, 2.45) is 4.99 Å². The Kier molecular flexibility index (Phi) is 3.20. The van der Waals surface area contributed by atoms with Crippen molar-refractivity contribution in [1.82, 2.24) is 0 Å². The molecule has 2 N–H and O–H groups in total. The highest BCUT2D eigenvalue weighted by Gasteiger charge is 1.99. The van der Waals surface area contributed by atoms with Crippen LogP contribution < -0.4 is 0 Å². The second kappa shape index (κ2) is 4.40. The summed E-state index contributed by atoms with van der Waals surface area (Å²) in [7, 11) is 1.68. The Labute approximate surface area is 77.3 Å². The van der Waals surface area contributed by atoms with Gasteiger partial charge in [0.1, 0.15) is 5.75 Å². The maximum Gasteiger partial charge on any atom is 0.116 e. The summed E-state index contributed by atoms with van der Waals surface area (Å²) in [6.07, 6.45) is 2.17. The average Bonchev–Trinajstić information content (AvgIpc) is 2.14. The van der Waals surface area contributed by atoms with Crippen LogP contribution in [0.25, 0.3) is 0 Å². The lowest BCUT2D eigenvalue weighted by Gasteiger charge is -2.00. The number of aromatic hydroxyl groups is 1. The first kappa shape index (κ1) is 9.45. The molecule has 0 aliphatic heterocycles. The molecule has 13 heavy (non-hydrogen) atoms. The van der Waals surface area contributed by atoms with Crippen LogP contribution >= 0.6 is 0 Å². The molecule has 0 bridgehead atoms. The van der Waals surface area contributed by atoms with E-state index in [2.05, 4.69) is 4.99 Å². The highest BCUT2D eigenvalue weighted by Crippen LogP contribution is 2.11. The van der Waals surface area contributed by atoms with E-state index >= 15 is 0 Å². The van der Waals surface area contributed by atoms with Gasteiger partial charge in [-0.15, -0.1) is 0 Å². The molecule has 0 saturated heterocycles. The molecule has 0 amide bonds. The standard InChI is InChI=1S/C10H12N2O/c1-12-6-5-10(11)8-3-2-4-9(13)7-8/h2-4,6-7,11,13H,5H2,1H3. The van der Waals surface area contributed by atoms with Gasteiger partial charge >= 0.3 is 0 Å². The Morgan fingerprint density at radius 2 is 2.38 bits per heavy atom. The molecule has 68 valence electrons. The zero-order valence-corrected chi connectivity index (χ0v) is 7.49. The van der Waals surface area contributed by atoms with Crippen molar-refractivity contribution >= 4 is 11.9 Å². The van der Waals surface area contributed by atoms with Gasteiger partial charge in [-0.3, -0.25) is 0 Å². The Morgan fingerprint density at radius 3 is 3.00 bits per heavy atom. The molecular formula is C10H12N2O. The zero-order chi connectivity index (χ0) is 9.68. The van der Waals surface area contributed by atoms with Crippen LogP contribution in [0.2, 0.25) is 0 Å². The molecule has 0 fully saturated rings. The fraction of sp³-hybridized carbons (Fsp3) is 0.200. The number of rotatable bonds is 3. The highest BCUT2D eigenvalue weighted by molar-refractivity contribution is 6.05. The topological polar surface area (TPSA) is 56.4 Å². The van der Waals surface area contributed by atoms with Crippen LogP contribution in [0.1, 0.15) is 12.0 Å². The molecule has 0 aliphatic carbocycles. The summed E-state index contributed by atoms with van der Waals surface area (Å²) in [5.41, 5.74) is 1.20. The van der Waals surface area contributed by atoms with Crippen LogP contribution in [-0.2, 0) is 0 Å². The number of phenolic OH excluding ortho intramolecular Hbond substituents is 1. The normalized spacial score (nSPS) is 10.5. The third kappa shape index (κ3) is 2.71. The van der Waals surface area contributed by atoms with Crippen LogP contribution in [-0.4, -0.2) is 24.1 Å². The summed E-state index contributed by atoms with van der Waals surface area (Å²) in [6, 6.07) is 6.68. The molecular weight excluding hydrogens is 164 g/mol. The van der Waals surface area contributed by atoms with Crippen molar-refractivity contribution in [1.29, 1.82) is 5.41 Å². The van der Waals surface area contributed by atoms with E-state index in [9.17, 15) is 0 Å². The minimum Gasteiger partial charge on any atom is -0.508 e. The van der Waals surface area contributed by atoms with Crippen LogP contribution in [0.15, 0.2) is 29.3 Å². The number of hydrogen-bond acceptors (Lipinski definition) is 3. The fourth-order valence-electron chi connectivity index (χ4n) is 0.994. The van der Waals surface area contributed by atoms with Crippen molar-refractivity contribution < 1.29 is 5.11 Å². The van der Waals surface area contributed by atoms with E-state index in [1.165, 1.54) is 0 Å². The molecule has 0 saturated carbocycles. The number of nitrogens with one attached hydrogen (secondary N) is 1. The second-order valence-electron chi connectivity index (χ2n) is 2.67. The van der Waals surface area contributed by atoms with Gasteiger partial charge in [-0.1, -0.05) is 12.1 Å². The van der Waals surface area contributed by atoms with E-state index in [0.717, 1.165) is 5.56 Å². The zero-order valence-electron chi connectivity index (χ0n) is 7.49. The van der Waals surface area contributed by atoms with Crippen molar-refractivity contribution in [2.45, 2.75) is 6.42 Å². The molecule has 3 nitrogen and oxygen atoms in total.